The molecule has 2 atom stereocenters. The maximum atomic E-state index is 8.98. The number of nitrogens with zero attached hydrogens (tertiary/aromatic N) is 2. The average Bonchev–Trinajstić information content (AvgIpc) is 2.86. The highest BCUT2D eigenvalue weighted by atomic mass is 15.2. The molecule has 2 fully saturated rings. The number of nitriles is 1. The van der Waals surface area contributed by atoms with Gasteiger partial charge in [-0.2, -0.15) is 5.26 Å². The van der Waals surface area contributed by atoms with E-state index in [1.807, 2.05) is 18.2 Å². The second kappa shape index (κ2) is 2.75. The van der Waals surface area contributed by atoms with Crippen LogP contribution < -0.4 is 4.90 Å². The van der Waals surface area contributed by atoms with Crippen molar-refractivity contribution in [1.82, 2.24) is 0 Å². The first-order valence-corrected chi connectivity index (χ1v) is 5.12. The number of rotatable bonds is 1. The Morgan fingerprint density at radius 3 is 2.64 bits per heavy atom. The van der Waals surface area contributed by atoms with Gasteiger partial charge in [-0.3, -0.25) is 0 Å². The van der Waals surface area contributed by atoms with Crippen molar-refractivity contribution in [3.63, 3.8) is 0 Å². The summed E-state index contributed by atoms with van der Waals surface area (Å²) < 4.78 is 0. The van der Waals surface area contributed by atoms with E-state index in [2.05, 4.69) is 17.0 Å². The van der Waals surface area contributed by atoms with Crippen LogP contribution in [0.3, 0.4) is 0 Å². The third-order valence-corrected chi connectivity index (χ3v) is 3.34. The van der Waals surface area contributed by atoms with Crippen molar-refractivity contribution < 1.29 is 0 Å². The molecule has 1 saturated heterocycles. The zero-order chi connectivity index (χ0) is 9.54. The van der Waals surface area contributed by atoms with Crippen LogP contribution in [-0.2, 0) is 0 Å². The second-order valence-electron chi connectivity index (χ2n) is 4.29. The Labute approximate surface area is 83.8 Å². The van der Waals surface area contributed by atoms with Crippen LogP contribution in [0.1, 0.15) is 12.0 Å². The van der Waals surface area contributed by atoms with Crippen molar-refractivity contribution in [3.8, 4) is 6.07 Å². The maximum Gasteiger partial charge on any atom is 0.101 e. The SMILES string of the molecule is N#Cc1ccccc1N1CC2CC2C1. The molecule has 0 radical (unpaired) electrons. The molecule has 2 heteroatoms. The van der Waals surface area contributed by atoms with Crippen LogP contribution in [0, 0.1) is 23.2 Å². The van der Waals surface area contributed by atoms with Gasteiger partial charge in [-0.05, 0) is 30.4 Å². The molecular formula is C12H12N2. The van der Waals surface area contributed by atoms with Crippen molar-refractivity contribution in [2.24, 2.45) is 11.8 Å². The van der Waals surface area contributed by atoms with Gasteiger partial charge in [-0.25, -0.2) is 0 Å². The molecular weight excluding hydrogens is 172 g/mol. The van der Waals surface area contributed by atoms with Gasteiger partial charge in [0.25, 0.3) is 0 Å². The molecule has 1 aromatic rings. The van der Waals surface area contributed by atoms with E-state index in [1.54, 1.807) is 0 Å². The first-order chi connectivity index (χ1) is 6.88. The van der Waals surface area contributed by atoms with E-state index in [1.165, 1.54) is 6.42 Å². The lowest BCUT2D eigenvalue weighted by atomic mass is 10.2. The summed E-state index contributed by atoms with van der Waals surface area (Å²) in [6.45, 7) is 2.31. The normalized spacial score (nSPS) is 28.4. The molecule has 0 amide bonds. The summed E-state index contributed by atoms with van der Waals surface area (Å²) in [4.78, 5) is 2.36. The van der Waals surface area contributed by atoms with E-state index < -0.39 is 0 Å². The molecule has 0 spiro atoms. The summed E-state index contributed by atoms with van der Waals surface area (Å²) in [7, 11) is 0. The van der Waals surface area contributed by atoms with Gasteiger partial charge < -0.3 is 4.90 Å². The van der Waals surface area contributed by atoms with Crippen LogP contribution in [0.15, 0.2) is 24.3 Å². The van der Waals surface area contributed by atoms with E-state index in [9.17, 15) is 0 Å². The minimum atomic E-state index is 0.814. The Morgan fingerprint density at radius 1 is 1.21 bits per heavy atom. The van der Waals surface area contributed by atoms with Gasteiger partial charge in [0.15, 0.2) is 0 Å². The van der Waals surface area contributed by atoms with Crippen LogP contribution >= 0.6 is 0 Å². The molecule has 0 aromatic heterocycles. The highest BCUT2D eigenvalue weighted by Gasteiger charge is 2.45. The Morgan fingerprint density at radius 2 is 1.93 bits per heavy atom. The Hall–Kier alpha value is -1.49. The van der Waals surface area contributed by atoms with E-state index in [4.69, 9.17) is 5.26 Å². The average molecular weight is 184 g/mol. The van der Waals surface area contributed by atoms with Crippen LogP contribution in [0.4, 0.5) is 5.69 Å². The van der Waals surface area contributed by atoms with Crippen LogP contribution in [0.25, 0.3) is 0 Å². The molecule has 1 aliphatic heterocycles. The number of hydrogen-bond donors (Lipinski definition) is 0. The fourth-order valence-electron chi connectivity index (χ4n) is 2.44. The van der Waals surface area contributed by atoms with Gasteiger partial charge in [-0.1, -0.05) is 12.1 Å². The third-order valence-electron chi connectivity index (χ3n) is 3.34. The molecule has 3 rings (SSSR count). The van der Waals surface area contributed by atoms with Gasteiger partial charge in [0.05, 0.1) is 11.3 Å². The molecule has 2 aliphatic rings. The fraction of sp³-hybridized carbons (Fsp3) is 0.417. The number of fused-ring (bicyclic) bond motifs is 1. The Balaban J connectivity index is 1.92. The minimum Gasteiger partial charge on any atom is -0.370 e. The summed E-state index contributed by atoms with van der Waals surface area (Å²) in [5, 5.41) is 8.98. The van der Waals surface area contributed by atoms with Gasteiger partial charge in [-0.15, -0.1) is 0 Å². The summed E-state index contributed by atoms with van der Waals surface area (Å²) in [5.74, 6) is 1.84. The van der Waals surface area contributed by atoms with E-state index in [0.29, 0.717) is 0 Å². The lowest BCUT2D eigenvalue weighted by Gasteiger charge is -2.21. The van der Waals surface area contributed by atoms with Crippen LogP contribution in [-0.4, -0.2) is 13.1 Å². The smallest absolute Gasteiger partial charge is 0.101 e. The molecule has 1 aromatic carbocycles. The third kappa shape index (κ3) is 1.09. The molecule has 14 heavy (non-hydrogen) atoms. The second-order valence-corrected chi connectivity index (χ2v) is 4.29. The number of para-hydroxylation sites is 1. The summed E-state index contributed by atoms with van der Waals surface area (Å²) in [5.41, 5.74) is 1.94. The zero-order valence-electron chi connectivity index (χ0n) is 7.98. The van der Waals surface area contributed by atoms with E-state index >= 15 is 0 Å². The molecule has 1 heterocycles. The lowest BCUT2D eigenvalue weighted by molar-refractivity contribution is 0.818. The molecule has 70 valence electrons. The largest absolute Gasteiger partial charge is 0.370 e. The molecule has 1 aliphatic carbocycles. The van der Waals surface area contributed by atoms with E-state index in [-0.39, 0.29) is 0 Å². The van der Waals surface area contributed by atoms with Crippen molar-refractivity contribution in [2.75, 3.05) is 18.0 Å². The highest BCUT2D eigenvalue weighted by Crippen LogP contribution is 2.46. The summed E-state index contributed by atoms with van der Waals surface area (Å²) >= 11 is 0. The predicted octanol–water partition coefficient (Wildman–Crippen LogP) is 2.01. The fourth-order valence-corrected chi connectivity index (χ4v) is 2.44. The van der Waals surface area contributed by atoms with Gasteiger partial charge in [0, 0.05) is 13.1 Å². The molecule has 1 saturated carbocycles. The quantitative estimate of drug-likeness (QED) is 0.667. The minimum absolute atomic E-state index is 0.814. The number of piperidine rings is 1. The number of anilines is 1. The summed E-state index contributed by atoms with van der Waals surface area (Å²) in [6.07, 6.45) is 1.41. The number of hydrogen-bond acceptors (Lipinski definition) is 2. The molecule has 2 unspecified atom stereocenters. The monoisotopic (exact) mass is 184 g/mol. The first kappa shape index (κ1) is 7.87. The Kier molecular flexibility index (Phi) is 1.55. The maximum absolute atomic E-state index is 8.98. The van der Waals surface area contributed by atoms with Crippen molar-refractivity contribution in [3.05, 3.63) is 29.8 Å². The van der Waals surface area contributed by atoms with Crippen LogP contribution in [0.5, 0.6) is 0 Å². The standard InChI is InChI=1S/C12H12N2/c13-6-9-3-1-2-4-12(9)14-7-10-5-11(10)8-14/h1-4,10-11H,5,7-8H2. The lowest BCUT2D eigenvalue weighted by Crippen LogP contribution is -2.22. The van der Waals surface area contributed by atoms with E-state index in [0.717, 1.165) is 36.2 Å². The first-order valence-electron chi connectivity index (χ1n) is 5.12. The molecule has 0 N–H and O–H groups in total. The van der Waals surface area contributed by atoms with Gasteiger partial charge in [0.2, 0.25) is 0 Å². The number of benzene rings is 1. The predicted molar refractivity (Wildman–Crippen MR) is 55.0 cm³/mol. The van der Waals surface area contributed by atoms with Gasteiger partial charge in [0.1, 0.15) is 6.07 Å². The topological polar surface area (TPSA) is 27.0 Å². The Bertz CT molecular complexity index is 395. The highest BCUT2D eigenvalue weighted by molar-refractivity contribution is 5.60. The van der Waals surface area contributed by atoms with Gasteiger partial charge >= 0.3 is 0 Å². The molecule has 2 nitrogen and oxygen atoms in total. The molecule has 0 bridgehead atoms. The van der Waals surface area contributed by atoms with Crippen molar-refractivity contribution in [1.29, 1.82) is 5.26 Å². The van der Waals surface area contributed by atoms with Crippen molar-refractivity contribution >= 4 is 5.69 Å². The van der Waals surface area contributed by atoms with Crippen molar-refractivity contribution in [2.45, 2.75) is 6.42 Å². The zero-order valence-corrected chi connectivity index (χ0v) is 7.98. The van der Waals surface area contributed by atoms with Crippen LogP contribution in [0.2, 0.25) is 0 Å². The summed E-state index contributed by atoms with van der Waals surface area (Å²) in [6, 6.07) is 10.2.